The number of rotatable bonds is 5. The van der Waals surface area contributed by atoms with Crippen LogP contribution in [0.4, 0.5) is 11.4 Å². The predicted octanol–water partition coefficient (Wildman–Crippen LogP) is 3.95. The van der Waals surface area contributed by atoms with Gasteiger partial charge in [0.25, 0.3) is 0 Å². The molecule has 1 unspecified atom stereocenters. The molecule has 2 aromatic carbocycles. The van der Waals surface area contributed by atoms with Gasteiger partial charge in [0.05, 0.1) is 25.2 Å². The second-order valence-corrected chi connectivity index (χ2v) is 5.74. The highest BCUT2D eigenvalue weighted by molar-refractivity contribution is 5.60. The van der Waals surface area contributed by atoms with Crippen molar-refractivity contribution >= 4 is 11.4 Å². The number of nitrogens with zero attached hydrogens (tertiary/aromatic N) is 2. The van der Waals surface area contributed by atoms with Crippen LogP contribution in [0.2, 0.25) is 0 Å². The molecule has 126 valence electrons. The average molecular weight is 328 g/mol. The number of hydrogen-bond acceptors (Lipinski definition) is 5. The Morgan fingerprint density at radius 1 is 1.17 bits per heavy atom. The van der Waals surface area contributed by atoms with Crippen LogP contribution in [0.25, 0.3) is 0 Å². The summed E-state index contributed by atoms with van der Waals surface area (Å²) >= 11 is 0. The molecular weight excluding hydrogens is 308 g/mol. The zero-order valence-electron chi connectivity index (χ0n) is 13.8. The molecule has 0 aliphatic carbocycles. The number of nitro groups is 1. The number of ether oxygens (including phenoxy) is 2. The van der Waals surface area contributed by atoms with Crippen LogP contribution >= 0.6 is 0 Å². The van der Waals surface area contributed by atoms with Gasteiger partial charge in [-0.05, 0) is 36.6 Å². The maximum absolute atomic E-state index is 11.1. The van der Waals surface area contributed by atoms with Crippen LogP contribution in [-0.4, -0.2) is 25.7 Å². The van der Waals surface area contributed by atoms with Gasteiger partial charge in [-0.15, -0.1) is 0 Å². The second-order valence-electron chi connectivity index (χ2n) is 5.74. The minimum atomic E-state index is -0.424. The Morgan fingerprint density at radius 2 is 2.00 bits per heavy atom. The van der Waals surface area contributed by atoms with Crippen molar-refractivity contribution in [1.82, 2.24) is 0 Å². The molecule has 1 aliphatic rings. The molecule has 0 amide bonds. The van der Waals surface area contributed by atoms with E-state index in [9.17, 15) is 10.1 Å². The molecule has 6 nitrogen and oxygen atoms in total. The smallest absolute Gasteiger partial charge is 0.311 e. The molecule has 0 spiro atoms. The molecule has 2 aromatic rings. The normalized spacial score (nSPS) is 16.9. The van der Waals surface area contributed by atoms with Crippen LogP contribution in [0.3, 0.4) is 0 Å². The molecule has 6 heteroatoms. The van der Waals surface area contributed by atoms with E-state index >= 15 is 0 Å². The van der Waals surface area contributed by atoms with Gasteiger partial charge in [0, 0.05) is 24.4 Å². The summed E-state index contributed by atoms with van der Waals surface area (Å²) in [6, 6.07) is 13.3. The van der Waals surface area contributed by atoms with Gasteiger partial charge in [0.1, 0.15) is 5.75 Å². The summed E-state index contributed by atoms with van der Waals surface area (Å²) in [6.07, 6.45) is 2.10. The Hall–Kier alpha value is -2.76. The number of methoxy groups -OCH3 is 2. The molecule has 0 radical (unpaired) electrons. The molecule has 0 saturated carbocycles. The summed E-state index contributed by atoms with van der Waals surface area (Å²) in [6.45, 7) is 0.906. The Labute approximate surface area is 140 Å². The van der Waals surface area contributed by atoms with Gasteiger partial charge in [0.2, 0.25) is 0 Å². The van der Waals surface area contributed by atoms with Crippen LogP contribution in [0.5, 0.6) is 11.5 Å². The molecule has 0 bridgehead atoms. The van der Waals surface area contributed by atoms with E-state index in [0.717, 1.165) is 30.8 Å². The standard InChI is InChI=1S/C18H20N2O4/c1-23-15-6-3-5-13(11-15)16-7-4-10-19(16)14-8-9-17(20(21)22)18(12-14)24-2/h3,5-6,8-9,11-12,16H,4,7,10H2,1-2H3. The molecule has 1 heterocycles. The van der Waals surface area contributed by atoms with Crippen molar-refractivity contribution in [3.63, 3.8) is 0 Å². The summed E-state index contributed by atoms with van der Waals surface area (Å²) < 4.78 is 10.5. The first-order chi connectivity index (χ1) is 11.6. The third kappa shape index (κ3) is 2.99. The van der Waals surface area contributed by atoms with Gasteiger partial charge in [-0.3, -0.25) is 10.1 Å². The van der Waals surface area contributed by atoms with Crippen molar-refractivity contribution in [2.24, 2.45) is 0 Å². The van der Waals surface area contributed by atoms with Crippen LogP contribution in [0.15, 0.2) is 42.5 Å². The van der Waals surface area contributed by atoms with E-state index in [4.69, 9.17) is 9.47 Å². The van der Waals surface area contributed by atoms with Crippen molar-refractivity contribution < 1.29 is 14.4 Å². The molecular formula is C18H20N2O4. The third-order valence-electron chi connectivity index (χ3n) is 4.42. The lowest BCUT2D eigenvalue weighted by Gasteiger charge is -2.27. The van der Waals surface area contributed by atoms with Crippen molar-refractivity contribution in [2.45, 2.75) is 18.9 Å². The lowest BCUT2D eigenvalue weighted by atomic mass is 10.0. The van der Waals surface area contributed by atoms with Gasteiger partial charge in [-0.1, -0.05) is 12.1 Å². The van der Waals surface area contributed by atoms with Gasteiger partial charge in [-0.2, -0.15) is 0 Å². The summed E-state index contributed by atoms with van der Waals surface area (Å²) in [5.41, 5.74) is 2.10. The molecule has 0 aromatic heterocycles. The average Bonchev–Trinajstić information content (AvgIpc) is 3.10. The fourth-order valence-electron chi connectivity index (χ4n) is 3.27. The fourth-order valence-corrected chi connectivity index (χ4v) is 3.27. The van der Waals surface area contributed by atoms with E-state index in [2.05, 4.69) is 11.0 Å². The number of hydrogen-bond donors (Lipinski definition) is 0. The topological polar surface area (TPSA) is 64.8 Å². The van der Waals surface area contributed by atoms with E-state index in [-0.39, 0.29) is 17.5 Å². The highest BCUT2D eigenvalue weighted by Crippen LogP contribution is 2.40. The molecule has 1 saturated heterocycles. The second kappa shape index (κ2) is 6.78. The summed E-state index contributed by atoms with van der Waals surface area (Å²) in [7, 11) is 3.11. The minimum Gasteiger partial charge on any atom is -0.497 e. The zero-order chi connectivity index (χ0) is 17.1. The fraction of sp³-hybridized carbons (Fsp3) is 0.333. The molecule has 24 heavy (non-hydrogen) atoms. The number of nitro benzene ring substituents is 1. The highest BCUT2D eigenvalue weighted by Gasteiger charge is 2.28. The van der Waals surface area contributed by atoms with Gasteiger partial charge in [-0.25, -0.2) is 0 Å². The summed E-state index contributed by atoms with van der Waals surface area (Å²) in [4.78, 5) is 12.9. The van der Waals surface area contributed by atoms with E-state index in [1.807, 2.05) is 18.2 Å². The molecule has 3 rings (SSSR count). The van der Waals surface area contributed by atoms with E-state index < -0.39 is 4.92 Å². The molecule has 0 N–H and O–H groups in total. The first-order valence-electron chi connectivity index (χ1n) is 7.87. The van der Waals surface area contributed by atoms with Crippen LogP contribution in [0.1, 0.15) is 24.4 Å². The first-order valence-corrected chi connectivity index (χ1v) is 7.87. The Morgan fingerprint density at radius 3 is 2.71 bits per heavy atom. The van der Waals surface area contributed by atoms with Gasteiger partial charge in [0.15, 0.2) is 5.75 Å². The van der Waals surface area contributed by atoms with Crippen molar-refractivity contribution in [2.75, 3.05) is 25.7 Å². The predicted molar refractivity (Wildman–Crippen MR) is 92.0 cm³/mol. The molecule has 1 aliphatic heterocycles. The summed E-state index contributed by atoms with van der Waals surface area (Å²) in [5.74, 6) is 1.12. The Balaban J connectivity index is 1.94. The van der Waals surface area contributed by atoms with E-state index in [1.165, 1.54) is 18.7 Å². The number of anilines is 1. The zero-order valence-corrected chi connectivity index (χ0v) is 13.8. The quantitative estimate of drug-likeness (QED) is 0.614. The molecule has 1 fully saturated rings. The van der Waals surface area contributed by atoms with Crippen molar-refractivity contribution in [3.05, 3.63) is 58.1 Å². The minimum absolute atomic E-state index is 0.0154. The van der Waals surface area contributed by atoms with Crippen LogP contribution < -0.4 is 14.4 Å². The van der Waals surface area contributed by atoms with Crippen LogP contribution in [0, 0.1) is 10.1 Å². The maximum Gasteiger partial charge on any atom is 0.311 e. The largest absolute Gasteiger partial charge is 0.497 e. The third-order valence-corrected chi connectivity index (χ3v) is 4.42. The van der Waals surface area contributed by atoms with Gasteiger partial charge < -0.3 is 14.4 Å². The summed E-state index contributed by atoms with van der Waals surface area (Å²) in [5, 5.41) is 11.1. The lowest BCUT2D eigenvalue weighted by Crippen LogP contribution is -2.22. The van der Waals surface area contributed by atoms with Crippen LogP contribution in [-0.2, 0) is 0 Å². The molecule has 1 atom stereocenters. The van der Waals surface area contributed by atoms with Crippen molar-refractivity contribution in [3.8, 4) is 11.5 Å². The van der Waals surface area contributed by atoms with Gasteiger partial charge >= 0.3 is 5.69 Å². The monoisotopic (exact) mass is 328 g/mol. The van der Waals surface area contributed by atoms with Crippen molar-refractivity contribution in [1.29, 1.82) is 0 Å². The Kier molecular flexibility index (Phi) is 4.55. The van der Waals surface area contributed by atoms with E-state index in [0.29, 0.717) is 0 Å². The SMILES string of the molecule is COc1cccc(C2CCCN2c2ccc([N+](=O)[O-])c(OC)c2)c1. The maximum atomic E-state index is 11.1. The highest BCUT2D eigenvalue weighted by atomic mass is 16.6. The Bertz CT molecular complexity index is 748. The lowest BCUT2D eigenvalue weighted by molar-refractivity contribution is -0.385. The number of benzene rings is 2. The first kappa shape index (κ1) is 16.1. The van der Waals surface area contributed by atoms with E-state index in [1.54, 1.807) is 19.2 Å².